The van der Waals surface area contributed by atoms with Gasteiger partial charge < -0.3 is 17.2 Å². The summed E-state index contributed by atoms with van der Waals surface area (Å²) in [5, 5.41) is 0.537. The molecule has 0 radical (unpaired) electrons. The maximum atomic E-state index is 5.65. The second-order valence-electron chi connectivity index (χ2n) is 1.92. The molecule has 1 rings (SSSR count). The molecule has 1 aliphatic rings. The highest BCUT2D eigenvalue weighted by Crippen LogP contribution is 2.38. The van der Waals surface area contributed by atoms with Crippen LogP contribution in [0.2, 0.25) is 0 Å². The van der Waals surface area contributed by atoms with Gasteiger partial charge in [-0.1, -0.05) is 13.3 Å². The van der Waals surface area contributed by atoms with Crippen molar-refractivity contribution in [3.63, 3.8) is 0 Å². The summed E-state index contributed by atoms with van der Waals surface area (Å²) in [4.78, 5) is 0. The molecule has 0 aromatic heterocycles. The van der Waals surface area contributed by atoms with E-state index in [4.69, 9.17) is 11.6 Å². The molecule has 12 heavy (non-hydrogen) atoms. The van der Waals surface area contributed by atoms with Crippen molar-refractivity contribution in [1.29, 1.82) is 0 Å². The van der Waals surface area contributed by atoms with Crippen molar-refractivity contribution in [3.8, 4) is 0 Å². The number of alkyl halides is 1. The average molecular weight is 198 g/mol. The first kappa shape index (κ1) is 18.1. The van der Waals surface area contributed by atoms with E-state index in [-0.39, 0.29) is 0 Å². The highest BCUT2D eigenvalue weighted by atomic mass is 35.5. The topological polar surface area (TPSA) is 78.1 Å². The quantitative estimate of drug-likeness (QED) is 0.543. The number of rotatable bonds is 1. The van der Waals surface area contributed by atoms with E-state index in [1.165, 1.54) is 34.0 Å². The first-order valence-electron chi connectivity index (χ1n) is 4.22. The largest absolute Gasteiger partial charge is 0.333 e. The Bertz CT molecular complexity index is 60.3. The molecule has 1 fully saturated rings. The van der Waals surface area contributed by atoms with Crippen LogP contribution in [0.3, 0.4) is 0 Å². The number of hydrogen-bond acceptors (Lipinski definition) is 3. The fourth-order valence-electron chi connectivity index (χ4n) is 0.633. The molecule has 78 valence electrons. The van der Waals surface area contributed by atoms with Gasteiger partial charge in [-0.25, -0.2) is 0 Å². The van der Waals surface area contributed by atoms with Crippen LogP contribution in [-0.4, -0.2) is 26.5 Å². The van der Waals surface area contributed by atoms with Crippen molar-refractivity contribution in [2.45, 2.75) is 25.1 Å². The molecule has 3 nitrogen and oxygen atoms in total. The summed E-state index contributed by atoms with van der Waals surface area (Å²) in [7, 11) is 4.50. The van der Waals surface area contributed by atoms with Gasteiger partial charge in [0.2, 0.25) is 0 Å². The fourth-order valence-corrected chi connectivity index (χ4v) is 1.04. The van der Waals surface area contributed by atoms with Gasteiger partial charge in [-0.3, -0.25) is 0 Å². The first-order valence-corrected chi connectivity index (χ1v) is 4.65. The molecule has 0 spiro atoms. The second kappa shape index (κ2) is 17.3. The van der Waals surface area contributed by atoms with Gasteiger partial charge in [0.25, 0.3) is 0 Å². The lowest BCUT2D eigenvalue weighted by atomic mass is 10.3. The fraction of sp³-hybridized carbons (Fsp3) is 1.00. The van der Waals surface area contributed by atoms with Crippen LogP contribution in [0, 0.1) is 5.92 Å². The molecule has 0 bridgehead atoms. The van der Waals surface area contributed by atoms with E-state index < -0.39 is 0 Å². The summed E-state index contributed by atoms with van der Waals surface area (Å²) >= 11 is 5.65. The van der Waals surface area contributed by atoms with E-state index >= 15 is 0 Å². The Morgan fingerprint density at radius 1 is 1.08 bits per heavy atom. The third-order valence-corrected chi connectivity index (χ3v) is 1.90. The Morgan fingerprint density at radius 2 is 1.33 bits per heavy atom. The lowest BCUT2D eigenvalue weighted by Crippen LogP contribution is -1.70. The summed E-state index contributed by atoms with van der Waals surface area (Å²) < 4.78 is 0. The van der Waals surface area contributed by atoms with Crippen LogP contribution in [0.5, 0.6) is 0 Å². The number of hydrogen-bond donors (Lipinski definition) is 3. The second-order valence-corrected chi connectivity index (χ2v) is 2.48. The van der Waals surface area contributed by atoms with Crippen LogP contribution < -0.4 is 17.2 Å². The molecule has 6 N–H and O–H groups in total. The standard InChI is InChI=1S/C5H9Cl.3CH5N/c1-2-4-3-5(4)6;3*1-2/h4-5H,2-3H2,1H3;3*2H2,1H3. The zero-order chi connectivity index (χ0) is 10.6. The highest BCUT2D eigenvalue weighted by molar-refractivity contribution is 6.22. The number of nitrogens with two attached hydrogens (primary N) is 3. The van der Waals surface area contributed by atoms with Crippen molar-refractivity contribution < 1.29 is 0 Å². The minimum Gasteiger partial charge on any atom is -0.333 e. The normalized spacial score (nSPS) is 23.0. The molecule has 0 aromatic rings. The molecule has 0 aliphatic heterocycles. The molecule has 0 saturated heterocycles. The molecular formula is C8H24ClN3. The molecular weight excluding hydrogens is 174 g/mol. The van der Waals surface area contributed by atoms with E-state index in [0.717, 1.165) is 5.92 Å². The summed E-state index contributed by atoms with van der Waals surface area (Å²) in [6, 6.07) is 0. The zero-order valence-electron chi connectivity index (χ0n) is 8.68. The lowest BCUT2D eigenvalue weighted by Gasteiger charge is -1.77. The third kappa shape index (κ3) is 12.8. The van der Waals surface area contributed by atoms with Crippen LogP contribution in [0.1, 0.15) is 19.8 Å². The summed E-state index contributed by atoms with van der Waals surface area (Å²) in [5.74, 6) is 0.867. The van der Waals surface area contributed by atoms with Gasteiger partial charge in [0.1, 0.15) is 0 Å². The van der Waals surface area contributed by atoms with Gasteiger partial charge in [0, 0.05) is 5.38 Å². The minimum absolute atomic E-state index is 0.537. The zero-order valence-corrected chi connectivity index (χ0v) is 9.43. The Labute approximate surface area is 81.6 Å². The Hall–Kier alpha value is 0.170. The van der Waals surface area contributed by atoms with Gasteiger partial charge in [0.05, 0.1) is 0 Å². The maximum Gasteiger partial charge on any atom is 0.0367 e. The lowest BCUT2D eigenvalue weighted by molar-refractivity contribution is 0.801. The Morgan fingerprint density at radius 3 is 1.33 bits per heavy atom. The SMILES string of the molecule is CCC1CC1Cl.CN.CN.CN. The van der Waals surface area contributed by atoms with E-state index in [1.54, 1.807) is 0 Å². The molecule has 0 aromatic carbocycles. The summed E-state index contributed by atoms with van der Waals surface area (Å²) in [6.45, 7) is 2.19. The van der Waals surface area contributed by atoms with Crippen LogP contribution >= 0.6 is 11.6 Å². The number of halogens is 1. The Kier molecular flexibility index (Phi) is 26.0. The van der Waals surface area contributed by atoms with Gasteiger partial charge in [-0.15, -0.1) is 11.6 Å². The van der Waals surface area contributed by atoms with Crippen molar-refractivity contribution in [3.05, 3.63) is 0 Å². The first-order chi connectivity index (χ1) is 5.84. The maximum absolute atomic E-state index is 5.65. The van der Waals surface area contributed by atoms with Crippen molar-refractivity contribution in [1.82, 2.24) is 0 Å². The molecule has 0 amide bonds. The van der Waals surface area contributed by atoms with Gasteiger partial charge in [-0.2, -0.15) is 0 Å². The van der Waals surface area contributed by atoms with E-state index in [2.05, 4.69) is 24.1 Å². The van der Waals surface area contributed by atoms with E-state index in [1.807, 2.05) is 0 Å². The minimum atomic E-state index is 0.537. The monoisotopic (exact) mass is 197 g/mol. The van der Waals surface area contributed by atoms with Crippen molar-refractivity contribution >= 4 is 11.6 Å². The van der Waals surface area contributed by atoms with E-state index in [0.29, 0.717) is 5.38 Å². The van der Waals surface area contributed by atoms with Crippen LogP contribution in [-0.2, 0) is 0 Å². The summed E-state index contributed by atoms with van der Waals surface area (Å²) in [6.07, 6.45) is 2.53. The molecule has 0 heterocycles. The van der Waals surface area contributed by atoms with Gasteiger partial charge in [0.15, 0.2) is 0 Å². The van der Waals surface area contributed by atoms with Gasteiger partial charge in [-0.05, 0) is 33.5 Å². The predicted octanol–water partition coefficient (Wildman–Crippen LogP) is 0.748. The Balaban J connectivity index is -0.000000117. The van der Waals surface area contributed by atoms with E-state index in [9.17, 15) is 0 Å². The molecule has 1 saturated carbocycles. The van der Waals surface area contributed by atoms with Crippen molar-refractivity contribution in [2.24, 2.45) is 23.1 Å². The van der Waals surface area contributed by atoms with Crippen LogP contribution in [0.15, 0.2) is 0 Å². The van der Waals surface area contributed by atoms with Crippen LogP contribution in [0.4, 0.5) is 0 Å². The predicted molar refractivity (Wildman–Crippen MR) is 58.4 cm³/mol. The smallest absolute Gasteiger partial charge is 0.0367 e. The molecule has 1 aliphatic carbocycles. The molecule has 4 heteroatoms. The molecule has 2 unspecified atom stereocenters. The molecule has 2 atom stereocenters. The van der Waals surface area contributed by atoms with Crippen LogP contribution in [0.25, 0.3) is 0 Å². The van der Waals surface area contributed by atoms with Crippen molar-refractivity contribution in [2.75, 3.05) is 21.1 Å². The third-order valence-electron chi connectivity index (χ3n) is 1.36. The highest BCUT2D eigenvalue weighted by Gasteiger charge is 2.32. The van der Waals surface area contributed by atoms with Gasteiger partial charge >= 0.3 is 0 Å². The average Bonchev–Trinajstić information content (AvgIpc) is 2.92. The summed E-state index contributed by atoms with van der Waals surface area (Å²) in [5.41, 5.74) is 13.5.